The molecule has 2 nitrogen and oxygen atoms in total. The van der Waals surface area contributed by atoms with Crippen LogP contribution in [-0.2, 0) is 6.42 Å². The minimum atomic E-state index is 0.899. The molecule has 2 aliphatic heterocycles. The number of benzene rings is 1. The van der Waals surface area contributed by atoms with Gasteiger partial charge in [0.05, 0.1) is 0 Å². The molecule has 0 bridgehead atoms. The molecule has 112 valence electrons. The van der Waals surface area contributed by atoms with Crippen LogP contribution < -0.4 is 4.90 Å². The van der Waals surface area contributed by atoms with Gasteiger partial charge in [0, 0.05) is 29.7 Å². The maximum absolute atomic E-state index is 4.51. The molecule has 0 aliphatic carbocycles. The van der Waals surface area contributed by atoms with Gasteiger partial charge in [-0.2, -0.15) is 0 Å². The number of anilines is 1. The fraction of sp³-hybridized carbons (Fsp3) is 0.350. The molecule has 2 aliphatic rings. The Morgan fingerprint density at radius 2 is 2.05 bits per heavy atom. The van der Waals surface area contributed by atoms with E-state index in [0.717, 1.165) is 36.9 Å². The van der Waals surface area contributed by atoms with Crippen molar-refractivity contribution in [2.24, 2.45) is 4.99 Å². The van der Waals surface area contributed by atoms with Gasteiger partial charge in [-0.3, -0.25) is 0 Å². The number of hydrogen-bond acceptors (Lipinski definition) is 2. The molecule has 2 heteroatoms. The summed E-state index contributed by atoms with van der Waals surface area (Å²) in [6.07, 6.45) is 7.57. The van der Waals surface area contributed by atoms with Crippen molar-refractivity contribution in [3.8, 4) is 11.8 Å². The first-order chi connectivity index (χ1) is 10.6. The van der Waals surface area contributed by atoms with Crippen LogP contribution in [0.4, 0.5) is 5.69 Å². The minimum absolute atomic E-state index is 0.899. The lowest BCUT2D eigenvalue weighted by atomic mass is 10.0. The third-order valence-electron chi connectivity index (χ3n) is 4.32. The fourth-order valence-corrected chi connectivity index (χ4v) is 2.93. The molecule has 22 heavy (non-hydrogen) atoms. The predicted molar refractivity (Wildman–Crippen MR) is 94.2 cm³/mol. The highest BCUT2D eigenvalue weighted by atomic mass is 15.1. The van der Waals surface area contributed by atoms with Crippen LogP contribution in [0.15, 0.2) is 47.2 Å². The molecule has 0 spiro atoms. The quantitative estimate of drug-likeness (QED) is 0.644. The number of hydrogen-bond donors (Lipinski definition) is 0. The summed E-state index contributed by atoms with van der Waals surface area (Å²) in [5.74, 6) is 6.46. The van der Waals surface area contributed by atoms with E-state index in [1.54, 1.807) is 0 Å². The summed E-state index contributed by atoms with van der Waals surface area (Å²) in [6.45, 7) is 6.24. The molecule has 0 unspecified atom stereocenters. The van der Waals surface area contributed by atoms with Crippen molar-refractivity contribution in [1.29, 1.82) is 0 Å². The highest BCUT2D eigenvalue weighted by Crippen LogP contribution is 2.30. The van der Waals surface area contributed by atoms with Crippen molar-refractivity contribution in [2.75, 3.05) is 11.9 Å². The largest absolute Gasteiger partial charge is 0.349 e. The molecule has 0 radical (unpaired) electrons. The molecule has 0 saturated heterocycles. The standard InChI is InChI=1S/C20H22N2/c1-15-6-4-9-19(21-15)13-11-17-10-12-18-8-5-7-16(2)22(3)20(18)14-17/h9-10,12,14H,2,4-8H2,1,3H3. The van der Waals surface area contributed by atoms with Crippen LogP contribution in [-0.4, -0.2) is 12.8 Å². The first-order valence-electron chi connectivity index (χ1n) is 7.94. The topological polar surface area (TPSA) is 15.6 Å². The van der Waals surface area contributed by atoms with Crippen LogP contribution in [0.3, 0.4) is 0 Å². The summed E-state index contributed by atoms with van der Waals surface area (Å²) in [5.41, 5.74) is 6.92. The number of rotatable bonds is 0. The van der Waals surface area contributed by atoms with E-state index >= 15 is 0 Å². The van der Waals surface area contributed by atoms with Crippen molar-refractivity contribution in [3.63, 3.8) is 0 Å². The molecule has 2 heterocycles. The Morgan fingerprint density at radius 1 is 1.18 bits per heavy atom. The van der Waals surface area contributed by atoms with E-state index in [1.165, 1.54) is 29.1 Å². The average molecular weight is 290 g/mol. The lowest BCUT2D eigenvalue weighted by Crippen LogP contribution is -2.15. The SMILES string of the molecule is C=C1CCCc2ccc(C#CC3=CCCC(C)=N3)cc2N1C. The third-order valence-corrected chi connectivity index (χ3v) is 4.32. The summed E-state index contributed by atoms with van der Waals surface area (Å²) < 4.78 is 0. The zero-order valence-corrected chi connectivity index (χ0v) is 13.4. The zero-order valence-electron chi connectivity index (χ0n) is 13.4. The summed E-state index contributed by atoms with van der Waals surface area (Å²) in [5, 5.41) is 0. The first-order valence-corrected chi connectivity index (χ1v) is 7.94. The molecule has 1 aromatic rings. The van der Waals surface area contributed by atoms with Gasteiger partial charge in [0.1, 0.15) is 5.70 Å². The van der Waals surface area contributed by atoms with Crippen LogP contribution in [0, 0.1) is 11.8 Å². The van der Waals surface area contributed by atoms with Gasteiger partial charge in [0.25, 0.3) is 0 Å². The van der Waals surface area contributed by atoms with E-state index < -0.39 is 0 Å². The van der Waals surface area contributed by atoms with Crippen molar-refractivity contribution in [2.45, 2.75) is 39.0 Å². The van der Waals surface area contributed by atoms with Crippen LogP contribution >= 0.6 is 0 Å². The summed E-state index contributed by atoms with van der Waals surface area (Å²) in [6, 6.07) is 6.50. The maximum atomic E-state index is 4.51. The van der Waals surface area contributed by atoms with Gasteiger partial charge in [0.2, 0.25) is 0 Å². The summed E-state index contributed by atoms with van der Waals surface area (Å²) in [4.78, 5) is 6.71. The fourth-order valence-electron chi connectivity index (χ4n) is 2.93. The highest BCUT2D eigenvalue weighted by molar-refractivity contribution is 5.84. The van der Waals surface area contributed by atoms with Crippen LogP contribution in [0.1, 0.15) is 43.7 Å². The van der Waals surface area contributed by atoms with Crippen LogP contribution in [0.2, 0.25) is 0 Å². The molecule has 0 saturated carbocycles. The van der Waals surface area contributed by atoms with E-state index in [0.29, 0.717) is 0 Å². The lowest BCUT2D eigenvalue weighted by Gasteiger charge is -2.21. The van der Waals surface area contributed by atoms with Crippen molar-refractivity contribution in [1.82, 2.24) is 0 Å². The Morgan fingerprint density at radius 3 is 2.86 bits per heavy atom. The van der Waals surface area contributed by atoms with Gasteiger partial charge in [-0.1, -0.05) is 18.6 Å². The second-order valence-electron chi connectivity index (χ2n) is 6.05. The van der Waals surface area contributed by atoms with Gasteiger partial charge in [-0.05, 0) is 68.7 Å². The van der Waals surface area contributed by atoms with E-state index in [-0.39, 0.29) is 0 Å². The Balaban J connectivity index is 1.90. The van der Waals surface area contributed by atoms with E-state index in [4.69, 9.17) is 0 Å². The number of allylic oxidation sites excluding steroid dienone is 3. The van der Waals surface area contributed by atoms with Crippen LogP contribution in [0.5, 0.6) is 0 Å². The Bertz CT molecular complexity index is 726. The molecule has 0 fully saturated rings. The Kier molecular flexibility index (Phi) is 4.15. The normalized spacial score (nSPS) is 17.7. The number of fused-ring (bicyclic) bond motifs is 1. The van der Waals surface area contributed by atoms with Gasteiger partial charge < -0.3 is 4.90 Å². The minimum Gasteiger partial charge on any atom is -0.349 e. The highest BCUT2D eigenvalue weighted by Gasteiger charge is 2.14. The smallest absolute Gasteiger partial charge is 0.109 e. The van der Waals surface area contributed by atoms with Gasteiger partial charge in [-0.25, -0.2) is 4.99 Å². The van der Waals surface area contributed by atoms with Crippen molar-refractivity contribution in [3.05, 3.63) is 53.4 Å². The van der Waals surface area contributed by atoms with Gasteiger partial charge >= 0.3 is 0 Å². The molecular formula is C20H22N2. The predicted octanol–water partition coefficient (Wildman–Crippen LogP) is 4.46. The number of aliphatic imine (C=N–C) groups is 1. The number of aryl methyl sites for hydroxylation is 1. The monoisotopic (exact) mass is 290 g/mol. The summed E-state index contributed by atoms with van der Waals surface area (Å²) in [7, 11) is 2.10. The molecular weight excluding hydrogens is 268 g/mol. The maximum Gasteiger partial charge on any atom is 0.109 e. The second kappa shape index (κ2) is 6.23. The Labute approximate surface area is 133 Å². The molecule has 0 atom stereocenters. The van der Waals surface area contributed by atoms with E-state index in [1.807, 2.05) is 0 Å². The molecule has 3 rings (SSSR count). The second-order valence-corrected chi connectivity index (χ2v) is 6.05. The average Bonchev–Trinajstić information content (AvgIpc) is 2.65. The van der Waals surface area contributed by atoms with E-state index in [9.17, 15) is 0 Å². The molecule has 0 aromatic heterocycles. The zero-order chi connectivity index (χ0) is 15.5. The third kappa shape index (κ3) is 3.14. The van der Waals surface area contributed by atoms with Gasteiger partial charge in [-0.15, -0.1) is 0 Å². The van der Waals surface area contributed by atoms with Gasteiger partial charge in [0.15, 0.2) is 0 Å². The van der Waals surface area contributed by atoms with E-state index in [2.05, 4.69) is 66.6 Å². The van der Waals surface area contributed by atoms with Crippen molar-refractivity contribution >= 4 is 11.4 Å². The summed E-state index contributed by atoms with van der Waals surface area (Å²) >= 11 is 0. The molecule has 0 N–H and O–H groups in total. The Hall–Kier alpha value is -2.27. The first kappa shape index (κ1) is 14.7. The number of nitrogens with zero attached hydrogens (tertiary/aromatic N) is 2. The molecule has 1 aromatic carbocycles. The van der Waals surface area contributed by atoms with Crippen molar-refractivity contribution < 1.29 is 0 Å². The van der Waals surface area contributed by atoms with Crippen LogP contribution in [0.25, 0.3) is 0 Å². The lowest BCUT2D eigenvalue weighted by molar-refractivity contribution is 0.822. The molecule has 0 amide bonds.